The topological polar surface area (TPSA) is 58.4 Å². The van der Waals surface area contributed by atoms with Crippen LogP contribution in [0.2, 0.25) is 0 Å². The van der Waals surface area contributed by atoms with Crippen LogP contribution in [0, 0.1) is 12.8 Å². The van der Waals surface area contributed by atoms with Gasteiger partial charge in [0.1, 0.15) is 0 Å². The van der Waals surface area contributed by atoms with Crippen LogP contribution in [-0.2, 0) is 4.79 Å². The highest BCUT2D eigenvalue weighted by atomic mass is 16.2. The van der Waals surface area contributed by atoms with Gasteiger partial charge in [-0.25, -0.2) is 0 Å². The Labute approximate surface area is 121 Å². The fourth-order valence-corrected chi connectivity index (χ4v) is 2.78. The van der Waals surface area contributed by atoms with Crippen LogP contribution in [0.4, 0.5) is 5.69 Å². The summed E-state index contributed by atoms with van der Waals surface area (Å²) in [5.74, 6) is 0.752. The molecule has 0 bridgehead atoms. The number of likely N-dealkylation sites (tertiary alicyclic amines) is 1. The molecule has 1 aromatic rings. The molecule has 20 heavy (non-hydrogen) atoms. The minimum atomic E-state index is 0.0434. The number of carbonyl (C=O) groups excluding carboxylic acids is 1. The number of hydrogen-bond donors (Lipinski definition) is 2. The molecule has 4 heteroatoms. The lowest BCUT2D eigenvalue weighted by molar-refractivity contribution is -0.118. The zero-order chi connectivity index (χ0) is 14.5. The zero-order valence-electron chi connectivity index (χ0n) is 12.4. The molecule has 110 valence electrons. The smallest absolute Gasteiger partial charge is 0.238 e. The lowest BCUT2D eigenvalue weighted by Gasteiger charge is -2.37. The second kappa shape index (κ2) is 6.86. The second-order valence-corrected chi connectivity index (χ2v) is 5.90. The Balaban J connectivity index is 1.88. The van der Waals surface area contributed by atoms with Crippen molar-refractivity contribution in [3.8, 4) is 0 Å². The Morgan fingerprint density at radius 3 is 2.75 bits per heavy atom. The van der Waals surface area contributed by atoms with Crippen LogP contribution in [0.1, 0.15) is 25.3 Å². The summed E-state index contributed by atoms with van der Waals surface area (Å²) in [6.45, 7) is 6.31. The molecule has 0 radical (unpaired) electrons. The van der Waals surface area contributed by atoms with Gasteiger partial charge in [0.25, 0.3) is 0 Å². The third-order valence-electron chi connectivity index (χ3n) is 4.05. The molecule has 0 spiro atoms. The zero-order valence-corrected chi connectivity index (χ0v) is 12.4. The van der Waals surface area contributed by atoms with E-state index in [0.29, 0.717) is 25.0 Å². The average molecular weight is 275 g/mol. The van der Waals surface area contributed by atoms with Crippen LogP contribution in [0.25, 0.3) is 0 Å². The van der Waals surface area contributed by atoms with E-state index in [1.807, 2.05) is 31.2 Å². The Kier molecular flexibility index (Phi) is 5.15. The molecule has 1 heterocycles. The largest absolute Gasteiger partial charge is 0.329 e. The van der Waals surface area contributed by atoms with Gasteiger partial charge in [-0.1, -0.05) is 24.6 Å². The van der Waals surface area contributed by atoms with Crippen molar-refractivity contribution in [1.29, 1.82) is 0 Å². The first-order valence-electron chi connectivity index (χ1n) is 7.39. The molecule has 0 aliphatic carbocycles. The van der Waals surface area contributed by atoms with Gasteiger partial charge in [-0.05, 0) is 44.4 Å². The van der Waals surface area contributed by atoms with Gasteiger partial charge in [0.05, 0.1) is 6.54 Å². The Bertz CT molecular complexity index is 444. The van der Waals surface area contributed by atoms with E-state index in [2.05, 4.69) is 17.1 Å². The summed E-state index contributed by atoms with van der Waals surface area (Å²) >= 11 is 0. The molecule has 1 aliphatic rings. The fourth-order valence-electron chi connectivity index (χ4n) is 2.78. The Morgan fingerprint density at radius 1 is 1.40 bits per heavy atom. The average Bonchev–Trinajstić information content (AvgIpc) is 2.43. The number of nitrogens with zero attached hydrogens (tertiary/aromatic N) is 1. The van der Waals surface area contributed by atoms with Gasteiger partial charge in [-0.3, -0.25) is 9.69 Å². The van der Waals surface area contributed by atoms with Gasteiger partial charge in [-0.2, -0.15) is 0 Å². The van der Waals surface area contributed by atoms with Crippen molar-refractivity contribution < 1.29 is 4.79 Å². The van der Waals surface area contributed by atoms with E-state index in [-0.39, 0.29) is 5.91 Å². The molecule has 2 unspecified atom stereocenters. The number of nitrogens with one attached hydrogen (secondary N) is 1. The fraction of sp³-hybridized carbons (Fsp3) is 0.562. The van der Waals surface area contributed by atoms with E-state index in [0.717, 1.165) is 25.1 Å². The quantitative estimate of drug-likeness (QED) is 0.883. The number of amides is 1. The van der Waals surface area contributed by atoms with Crippen molar-refractivity contribution in [3.05, 3.63) is 29.8 Å². The number of anilines is 1. The monoisotopic (exact) mass is 275 g/mol. The molecule has 2 rings (SSSR count). The van der Waals surface area contributed by atoms with Gasteiger partial charge in [0.2, 0.25) is 5.91 Å². The summed E-state index contributed by atoms with van der Waals surface area (Å²) in [6, 6.07) is 8.21. The summed E-state index contributed by atoms with van der Waals surface area (Å²) in [5.41, 5.74) is 7.88. The third-order valence-corrected chi connectivity index (χ3v) is 4.05. The number of piperidine rings is 1. The van der Waals surface area contributed by atoms with Crippen LogP contribution < -0.4 is 11.1 Å². The minimum Gasteiger partial charge on any atom is -0.329 e. The molecule has 2 atom stereocenters. The van der Waals surface area contributed by atoms with Crippen molar-refractivity contribution in [3.63, 3.8) is 0 Å². The van der Waals surface area contributed by atoms with E-state index in [4.69, 9.17) is 5.73 Å². The molecule has 1 amide bonds. The van der Waals surface area contributed by atoms with Gasteiger partial charge in [0, 0.05) is 18.3 Å². The summed E-state index contributed by atoms with van der Waals surface area (Å²) in [6.07, 6.45) is 2.24. The minimum absolute atomic E-state index is 0.0434. The first-order valence-corrected chi connectivity index (χ1v) is 7.39. The molecular weight excluding hydrogens is 250 g/mol. The van der Waals surface area contributed by atoms with Crippen molar-refractivity contribution in [2.75, 3.05) is 25.0 Å². The first-order chi connectivity index (χ1) is 9.58. The molecule has 4 nitrogen and oxygen atoms in total. The first kappa shape index (κ1) is 15.0. The molecule has 1 aromatic carbocycles. The molecule has 1 fully saturated rings. The highest BCUT2D eigenvalue weighted by Crippen LogP contribution is 2.21. The lowest BCUT2D eigenvalue weighted by atomic mass is 9.92. The standard InChI is InChI=1S/C16H25N3O/c1-12-3-5-14(6-4-12)18-16(20)11-19-8-7-13(2)9-15(19)10-17/h3-6,13,15H,7-11,17H2,1-2H3,(H,18,20). The van der Waals surface area contributed by atoms with Crippen LogP contribution >= 0.6 is 0 Å². The van der Waals surface area contributed by atoms with E-state index >= 15 is 0 Å². The highest BCUT2D eigenvalue weighted by Gasteiger charge is 2.26. The van der Waals surface area contributed by atoms with Crippen molar-refractivity contribution >= 4 is 11.6 Å². The maximum Gasteiger partial charge on any atom is 0.238 e. The van der Waals surface area contributed by atoms with Crippen molar-refractivity contribution in [2.24, 2.45) is 11.7 Å². The summed E-state index contributed by atoms with van der Waals surface area (Å²) in [4.78, 5) is 14.3. The lowest BCUT2D eigenvalue weighted by Crippen LogP contribution is -2.49. The number of rotatable bonds is 4. The molecule has 3 N–H and O–H groups in total. The highest BCUT2D eigenvalue weighted by molar-refractivity contribution is 5.92. The van der Waals surface area contributed by atoms with E-state index in [1.165, 1.54) is 5.56 Å². The predicted octanol–water partition coefficient (Wildman–Crippen LogP) is 1.99. The summed E-state index contributed by atoms with van der Waals surface area (Å²) < 4.78 is 0. The van der Waals surface area contributed by atoms with Crippen LogP contribution in [0.15, 0.2) is 24.3 Å². The maximum atomic E-state index is 12.1. The van der Waals surface area contributed by atoms with Gasteiger partial charge >= 0.3 is 0 Å². The number of hydrogen-bond acceptors (Lipinski definition) is 3. The normalized spacial score (nSPS) is 23.6. The van der Waals surface area contributed by atoms with Crippen molar-refractivity contribution in [2.45, 2.75) is 32.7 Å². The molecular formula is C16H25N3O. The molecule has 0 aromatic heterocycles. The SMILES string of the molecule is Cc1ccc(NC(=O)CN2CCC(C)CC2CN)cc1. The van der Waals surface area contributed by atoms with E-state index in [1.54, 1.807) is 0 Å². The van der Waals surface area contributed by atoms with Crippen LogP contribution in [0.5, 0.6) is 0 Å². The number of carbonyl (C=O) groups is 1. The van der Waals surface area contributed by atoms with Gasteiger partial charge in [0.15, 0.2) is 0 Å². The van der Waals surface area contributed by atoms with Crippen molar-refractivity contribution in [1.82, 2.24) is 4.90 Å². The summed E-state index contributed by atoms with van der Waals surface area (Å²) in [5, 5.41) is 2.95. The molecule has 1 saturated heterocycles. The number of aryl methyl sites for hydroxylation is 1. The summed E-state index contributed by atoms with van der Waals surface area (Å²) in [7, 11) is 0. The van der Waals surface area contributed by atoms with E-state index < -0.39 is 0 Å². The van der Waals surface area contributed by atoms with E-state index in [9.17, 15) is 4.79 Å². The number of nitrogens with two attached hydrogens (primary N) is 1. The predicted molar refractivity (Wildman–Crippen MR) is 82.6 cm³/mol. The molecule has 1 aliphatic heterocycles. The second-order valence-electron chi connectivity index (χ2n) is 5.90. The number of benzene rings is 1. The van der Waals surface area contributed by atoms with Crippen LogP contribution in [-0.4, -0.2) is 36.5 Å². The Morgan fingerprint density at radius 2 is 2.10 bits per heavy atom. The van der Waals surface area contributed by atoms with Gasteiger partial charge in [-0.15, -0.1) is 0 Å². The van der Waals surface area contributed by atoms with Gasteiger partial charge < -0.3 is 11.1 Å². The molecule has 0 saturated carbocycles. The third kappa shape index (κ3) is 4.05. The maximum absolute atomic E-state index is 12.1. The van der Waals surface area contributed by atoms with Crippen LogP contribution in [0.3, 0.4) is 0 Å². The Hall–Kier alpha value is -1.39.